The first-order valence-electron chi connectivity index (χ1n) is 52.2. The number of unbranched alkanes of at least 4 members (excludes halogenated alkanes) is 20. The predicted molar refractivity (Wildman–Crippen MR) is 578 cm³/mol. The van der Waals surface area contributed by atoms with Crippen molar-refractivity contribution < 1.29 is 159 Å². The van der Waals surface area contributed by atoms with Gasteiger partial charge in [-0.25, -0.2) is 8.42 Å². The highest BCUT2D eigenvalue weighted by Crippen LogP contribution is 2.31. The van der Waals surface area contributed by atoms with E-state index >= 15 is 0 Å². The molecular formula is C111H197N3O32S. The Morgan fingerprint density at radius 3 is 0.993 bits per heavy atom. The van der Waals surface area contributed by atoms with Gasteiger partial charge in [-0.2, -0.15) is 4.31 Å². The van der Waals surface area contributed by atoms with E-state index in [1.54, 1.807) is 64.1 Å². The summed E-state index contributed by atoms with van der Waals surface area (Å²) in [7, 11) is -3.63. The molecule has 0 spiro atoms. The number of benzene rings is 5. The van der Waals surface area contributed by atoms with Crippen LogP contribution >= 0.6 is 0 Å². The van der Waals surface area contributed by atoms with Crippen LogP contribution in [0.15, 0.2) is 156 Å². The molecule has 0 aromatic heterocycles. The zero-order valence-corrected chi connectivity index (χ0v) is 90.5. The lowest BCUT2D eigenvalue weighted by Gasteiger charge is -2.33. The monoisotopic (exact) mass is 2120 g/mol. The molecule has 6 unspecified atom stereocenters. The van der Waals surface area contributed by atoms with E-state index in [1.165, 1.54) is 114 Å². The van der Waals surface area contributed by atoms with Gasteiger partial charge in [-0.15, -0.1) is 0 Å². The number of rotatable bonds is 63. The zero-order chi connectivity index (χ0) is 111. The molecule has 0 aliphatic carbocycles. The second kappa shape index (κ2) is 112. The van der Waals surface area contributed by atoms with Gasteiger partial charge >= 0.3 is 0 Å². The number of hydrogen-bond acceptors (Lipinski definition) is 34. The molecule has 35 nitrogen and oxygen atoms in total. The average molecular weight is 2120 g/mol. The summed E-state index contributed by atoms with van der Waals surface area (Å²) in [5.74, 6) is 4.80. The molecule has 2 fully saturated rings. The van der Waals surface area contributed by atoms with Crippen molar-refractivity contribution >= 4 is 10.0 Å². The molecule has 0 amide bonds. The SMILES string of the molecule is C/C(=C\CC/C(C)=C/CO)CO.CC(O)C#CC(C)O.CC(O)COCC(C)O.Cc1ccc(S(=O)(=O)N(CCO)CCO)cc1.OCC1OC(c2ccccc2)O[C@H]1CO.OCCCCCCCCCCCCCCCCO.OCCCCCCCCCO.OCCCCO.OCCN1CCN(CCO)CC1.OCCOCCOCCOCCO.OCc1ccc(CO)cc1.OCc1ccccc1-c1ccccc1CO. The Hall–Kier alpha value is -6.23. The number of β-amino-alcohol motifs (C(OH)–C–C–N with tert-alkyl or cyclic N) is 2. The van der Waals surface area contributed by atoms with Crippen LogP contribution in [0, 0.1) is 18.8 Å². The van der Waals surface area contributed by atoms with Crippen molar-refractivity contribution in [1.82, 2.24) is 14.1 Å². The van der Waals surface area contributed by atoms with Gasteiger partial charge in [0.15, 0.2) is 6.29 Å². The first-order valence-corrected chi connectivity index (χ1v) is 53.7. The van der Waals surface area contributed by atoms with Gasteiger partial charge < -0.3 is 151 Å². The van der Waals surface area contributed by atoms with Gasteiger partial charge in [-0.1, -0.05) is 265 Å². The smallest absolute Gasteiger partial charge is 0.243 e. The second-order valence-electron chi connectivity index (χ2n) is 34.6. The van der Waals surface area contributed by atoms with Crippen LogP contribution in [0.1, 0.15) is 242 Å². The molecule has 7 atom stereocenters. The number of sulfonamides is 1. The van der Waals surface area contributed by atoms with E-state index in [1.807, 2.05) is 112 Å². The Balaban J connectivity index is -0.000000504. The molecule has 0 bridgehead atoms. The van der Waals surface area contributed by atoms with Crippen LogP contribution in [0.25, 0.3) is 11.1 Å². The van der Waals surface area contributed by atoms with Crippen LogP contribution in [0.2, 0.25) is 0 Å². The molecule has 854 valence electrons. The first kappa shape index (κ1) is 149. The Morgan fingerprint density at radius 1 is 0.381 bits per heavy atom. The fourth-order valence-corrected chi connectivity index (χ4v) is 14.4. The summed E-state index contributed by atoms with van der Waals surface area (Å²) in [6.07, 6.45) is 29.5. The third kappa shape index (κ3) is 94.3. The maximum atomic E-state index is 12.1. The number of aliphatic hydroxyl groups excluding tert-OH is 24. The summed E-state index contributed by atoms with van der Waals surface area (Å²) in [6, 6.07) is 38.5. The number of piperazine rings is 1. The minimum atomic E-state index is -3.63. The predicted octanol–water partition coefficient (Wildman–Crippen LogP) is 8.09. The maximum absolute atomic E-state index is 12.1. The van der Waals surface area contributed by atoms with Crippen molar-refractivity contribution in [3.05, 3.63) is 184 Å². The highest BCUT2D eigenvalue weighted by molar-refractivity contribution is 7.89. The van der Waals surface area contributed by atoms with Crippen molar-refractivity contribution in [2.24, 2.45) is 0 Å². The minimum absolute atomic E-state index is 0.00986. The van der Waals surface area contributed by atoms with E-state index < -0.39 is 52.9 Å². The number of aliphatic hydroxyl groups is 24. The maximum Gasteiger partial charge on any atom is 0.243 e. The molecule has 5 aromatic rings. The third-order valence-corrected chi connectivity index (χ3v) is 23.2. The fourth-order valence-electron chi connectivity index (χ4n) is 13.0. The normalized spacial score (nSPS) is 14.5. The van der Waals surface area contributed by atoms with E-state index in [-0.39, 0.29) is 124 Å². The molecule has 2 aliphatic heterocycles. The number of aryl methyl sites for hydroxylation is 1. The van der Waals surface area contributed by atoms with E-state index in [4.69, 9.17) is 141 Å². The summed E-state index contributed by atoms with van der Waals surface area (Å²) in [5.41, 5.74) is 9.53. The molecule has 147 heavy (non-hydrogen) atoms. The van der Waals surface area contributed by atoms with Gasteiger partial charge in [-0.05, 0) is 145 Å². The Kier molecular flexibility index (Phi) is 114. The molecule has 24 N–H and O–H groups in total. The van der Waals surface area contributed by atoms with Gasteiger partial charge in [0.1, 0.15) is 24.4 Å². The Morgan fingerprint density at radius 2 is 0.707 bits per heavy atom. The van der Waals surface area contributed by atoms with Crippen LogP contribution in [0.3, 0.4) is 0 Å². The third-order valence-electron chi connectivity index (χ3n) is 21.3. The van der Waals surface area contributed by atoms with E-state index in [0.29, 0.717) is 79.3 Å². The summed E-state index contributed by atoms with van der Waals surface area (Å²) in [4.78, 5) is 4.66. The molecular weight excluding hydrogens is 1920 g/mol. The highest BCUT2D eigenvalue weighted by atomic mass is 32.2. The average Bonchev–Trinajstić information content (AvgIpc) is 1.34. The number of hydrogen-bond donors (Lipinski definition) is 24. The molecule has 0 saturated carbocycles. The Labute approximate surface area is 880 Å². The molecule has 5 aromatic carbocycles. The summed E-state index contributed by atoms with van der Waals surface area (Å²) in [6.45, 7) is 22.9. The van der Waals surface area contributed by atoms with E-state index in [2.05, 4.69) is 21.6 Å². The topological polar surface area (TPSA) is 585 Å². The van der Waals surface area contributed by atoms with E-state index in [0.717, 1.165) is 158 Å². The van der Waals surface area contributed by atoms with Crippen molar-refractivity contribution in [3.8, 4) is 23.0 Å². The standard InChI is InChI=1S/C16H34O2.C14H14O2.C11H17NO4S.C11H14O4.C10H18O2.C9H20O2.C8H18N2O2.C8H18O5.C8H10O2.C6H14O3.C6H10O2.C4H10O2/c17-15-13-11-9-7-5-3-1-2-4-6-8-10-12-14-16-18;15-9-11-5-1-3-7-13(11)14-8-4-2-6-12(14)10-16;1-10-2-4-11(5-3-10)17(15,16)12(6-8-13)7-9-14;12-6-9-10(7-13)15-11(14-9)8-4-2-1-3-5-8;1-9(6-7-11)4-3-5-10(2)8-12;10-8-6-4-2-1-3-5-7-9-11;11-7-5-9-1-2-10(4-3-9)6-8-12;9-1-3-11-5-7-13-8-6-12-4-2-10;9-5-7-1-2-8(6-10)4-3-7;1-5(7)3-9-4-6(2)8;1-5(7)3-4-6(2)8;5-3-1-2-4-6/h17-18H,1-16H2;1-8,15-16H,9-10H2;2-5,13-14H,6-9H2,1H3;1-5,9-13H,6-7H2;5-6,11-12H,3-4,7-8H2,1-2H3;10-11H,1-9H2;11-12H,1-8H2;9-10H,1-8H2;1-4,9-10H,5-6H2;5-8H,3-4H2,1-2H3;5-8H,1-2H3;5-6H,1-4H2/b;;;;9-6+,10-5+;;;;;;;/t;;;9-,10?,11?;;;;;;;;/m...0......../s1. The van der Waals surface area contributed by atoms with E-state index in [9.17, 15) is 18.6 Å². The van der Waals surface area contributed by atoms with Crippen molar-refractivity contribution in [3.63, 3.8) is 0 Å². The van der Waals surface area contributed by atoms with Crippen LogP contribution in [0.5, 0.6) is 0 Å². The molecule has 2 aliphatic rings. The van der Waals surface area contributed by atoms with Gasteiger partial charge in [0.25, 0.3) is 0 Å². The summed E-state index contributed by atoms with van der Waals surface area (Å²) in [5, 5.41) is 208. The van der Waals surface area contributed by atoms with Crippen LogP contribution in [-0.2, 0) is 64.9 Å². The molecule has 2 heterocycles. The summed E-state index contributed by atoms with van der Waals surface area (Å²) >= 11 is 0. The molecule has 36 heteroatoms. The minimum Gasteiger partial charge on any atom is -0.396 e. The number of allylic oxidation sites excluding steroid dienone is 2. The van der Waals surface area contributed by atoms with Gasteiger partial charge in [-0.3, -0.25) is 9.80 Å². The van der Waals surface area contributed by atoms with Crippen molar-refractivity contribution in [2.45, 2.75) is 283 Å². The van der Waals surface area contributed by atoms with Gasteiger partial charge in [0.2, 0.25) is 10.0 Å². The molecule has 7 rings (SSSR count). The second-order valence-corrected chi connectivity index (χ2v) is 36.6. The van der Waals surface area contributed by atoms with Crippen LogP contribution < -0.4 is 0 Å². The number of ether oxygens (including phenoxy) is 6. The molecule has 2 saturated heterocycles. The largest absolute Gasteiger partial charge is 0.396 e. The van der Waals surface area contributed by atoms with Gasteiger partial charge in [0.05, 0.1) is 162 Å². The van der Waals surface area contributed by atoms with Crippen LogP contribution in [-0.4, -0.2) is 393 Å². The lowest BCUT2D eigenvalue weighted by atomic mass is 9.96. The highest BCUT2D eigenvalue weighted by Gasteiger charge is 2.36. The summed E-state index contributed by atoms with van der Waals surface area (Å²) < 4.78 is 56.1. The Bertz CT molecular complexity index is 3630. The lowest BCUT2D eigenvalue weighted by Crippen LogP contribution is -2.47. The fraction of sp³-hybridized carbons (Fsp3) is 0.676. The van der Waals surface area contributed by atoms with Crippen LogP contribution in [0.4, 0.5) is 0 Å². The molecule has 0 radical (unpaired) electrons. The van der Waals surface area contributed by atoms with Crippen molar-refractivity contribution in [2.75, 3.05) is 211 Å². The van der Waals surface area contributed by atoms with Gasteiger partial charge in [0, 0.05) is 97.6 Å². The quantitative estimate of drug-likeness (QED) is 0.00993. The van der Waals surface area contributed by atoms with Crippen molar-refractivity contribution in [1.29, 1.82) is 0 Å². The number of nitrogens with zero attached hydrogens (tertiary/aromatic N) is 3. The lowest BCUT2D eigenvalue weighted by molar-refractivity contribution is -0.0770. The first-order chi connectivity index (χ1) is 71.1. The zero-order valence-electron chi connectivity index (χ0n) is 89.7.